The quantitative estimate of drug-likeness (QED) is 0.281. The molecule has 0 unspecified atom stereocenters. The fraction of sp³-hybridized carbons (Fsp3) is 0.143. The van der Waals surface area contributed by atoms with Crippen LogP contribution in [0, 0.1) is 5.82 Å². The highest BCUT2D eigenvalue weighted by atomic mass is 79.9. The van der Waals surface area contributed by atoms with E-state index in [2.05, 4.69) is 41.9 Å². The summed E-state index contributed by atoms with van der Waals surface area (Å²) in [4.78, 5) is 2.25. The molecule has 0 atom stereocenters. The summed E-state index contributed by atoms with van der Waals surface area (Å²) in [5, 5.41) is 2.86. The number of halogens is 6. The van der Waals surface area contributed by atoms with Gasteiger partial charge in [0.1, 0.15) is 5.82 Å². The van der Waals surface area contributed by atoms with Gasteiger partial charge in [0.05, 0.1) is 11.3 Å². The minimum Gasteiger partial charge on any atom is -0.206 e. The Morgan fingerprint density at radius 3 is 2.31 bits per heavy atom. The monoisotopic (exact) mass is 361 g/mol. The van der Waals surface area contributed by atoms with Crippen molar-refractivity contribution in [1.82, 2.24) is 0 Å². The summed E-state index contributed by atoms with van der Waals surface area (Å²) in [5.41, 5.74) is 6.26. The molecule has 16 heavy (non-hydrogen) atoms. The van der Waals surface area contributed by atoms with Crippen molar-refractivity contribution >= 4 is 37.5 Å². The fourth-order valence-corrected chi connectivity index (χ4v) is 2.57. The molecule has 0 saturated carbocycles. The zero-order valence-corrected chi connectivity index (χ0v) is 10.4. The van der Waals surface area contributed by atoms with Gasteiger partial charge in [-0.25, -0.2) is 4.39 Å². The van der Waals surface area contributed by atoms with E-state index in [4.69, 9.17) is 5.53 Å². The molecule has 0 N–H and O–H groups in total. The van der Waals surface area contributed by atoms with Crippen molar-refractivity contribution in [3.8, 4) is 0 Å². The van der Waals surface area contributed by atoms with Crippen molar-refractivity contribution in [2.24, 2.45) is 5.11 Å². The van der Waals surface area contributed by atoms with Gasteiger partial charge in [0.2, 0.25) is 0 Å². The van der Waals surface area contributed by atoms with Crippen molar-refractivity contribution in [3.05, 3.63) is 36.8 Å². The molecule has 0 saturated heterocycles. The number of nitrogens with zero attached hydrogens (tertiary/aromatic N) is 3. The molecule has 0 spiro atoms. The van der Waals surface area contributed by atoms with Gasteiger partial charge < -0.3 is 0 Å². The molecule has 1 aromatic rings. The van der Waals surface area contributed by atoms with E-state index in [0.717, 1.165) is 0 Å². The summed E-state index contributed by atoms with van der Waals surface area (Å²) >= 11 is 5.16. The first kappa shape index (κ1) is 13.3. The Kier molecular flexibility index (Phi) is 3.82. The standard InChI is InChI=1S/C7HBr2F4N3/c8-2-1-3(10)6(15-16-14)5(9)4(2)7(11,12)13/h1H. The average molecular weight is 363 g/mol. The molecule has 0 fully saturated rings. The second kappa shape index (κ2) is 4.60. The van der Waals surface area contributed by atoms with Gasteiger partial charge in [0.25, 0.3) is 0 Å². The Hall–Kier alpha value is -0.790. The summed E-state index contributed by atoms with van der Waals surface area (Å²) in [7, 11) is 0. The minimum absolute atomic E-state index is 0.471. The summed E-state index contributed by atoms with van der Waals surface area (Å²) in [5.74, 6) is -1.05. The van der Waals surface area contributed by atoms with Gasteiger partial charge >= 0.3 is 6.18 Å². The van der Waals surface area contributed by atoms with E-state index in [-0.39, 0.29) is 0 Å². The van der Waals surface area contributed by atoms with Crippen molar-refractivity contribution in [1.29, 1.82) is 0 Å². The normalized spacial score (nSPS) is 11.1. The van der Waals surface area contributed by atoms with Crippen LogP contribution >= 0.6 is 31.9 Å². The maximum atomic E-state index is 13.2. The lowest BCUT2D eigenvalue weighted by atomic mass is 10.2. The number of hydrogen-bond acceptors (Lipinski definition) is 1. The first-order valence-corrected chi connectivity index (χ1v) is 5.17. The van der Waals surface area contributed by atoms with E-state index in [1.54, 1.807) is 0 Å². The Morgan fingerprint density at radius 2 is 1.88 bits per heavy atom. The van der Waals surface area contributed by atoms with E-state index in [9.17, 15) is 17.6 Å². The molecule has 1 aromatic carbocycles. The molecule has 0 aliphatic carbocycles. The fourth-order valence-electron chi connectivity index (χ4n) is 0.976. The summed E-state index contributed by atoms with van der Waals surface area (Å²) < 4.78 is 49.7. The van der Waals surface area contributed by atoms with Crippen LogP contribution in [0.15, 0.2) is 20.1 Å². The molecule has 86 valence electrons. The molecule has 0 aliphatic heterocycles. The summed E-state index contributed by atoms with van der Waals surface area (Å²) in [6.45, 7) is 0. The van der Waals surface area contributed by atoms with Gasteiger partial charge in [-0.3, -0.25) is 0 Å². The molecule has 0 radical (unpaired) electrons. The zero-order valence-electron chi connectivity index (χ0n) is 7.19. The highest BCUT2D eigenvalue weighted by molar-refractivity contribution is 9.11. The molecule has 0 amide bonds. The van der Waals surface area contributed by atoms with E-state index < -0.39 is 32.2 Å². The van der Waals surface area contributed by atoms with Crippen LogP contribution in [-0.2, 0) is 6.18 Å². The number of azide groups is 1. The molecule has 0 bridgehead atoms. The van der Waals surface area contributed by atoms with Gasteiger partial charge in [-0.2, -0.15) is 13.2 Å². The molecule has 0 heterocycles. The van der Waals surface area contributed by atoms with Gasteiger partial charge in [-0.1, -0.05) is 21.0 Å². The smallest absolute Gasteiger partial charge is 0.206 e. The number of alkyl halides is 3. The van der Waals surface area contributed by atoms with Gasteiger partial charge in [0, 0.05) is 13.9 Å². The van der Waals surface area contributed by atoms with E-state index in [1.165, 1.54) is 0 Å². The average Bonchev–Trinajstić information content (AvgIpc) is 2.09. The number of hydrogen-bond donors (Lipinski definition) is 0. The maximum absolute atomic E-state index is 13.2. The Bertz CT molecular complexity index is 480. The highest BCUT2D eigenvalue weighted by Crippen LogP contribution is 2.45. The third-order valence-electron chi connectivity index (χ3n) is 1.57. The number of benzene rings is 1. The first-order chi connectivity index (χ1) is 7.29. The van der Waals surface area contributed by atoms with Crippen molar-refractivity contribution in [2.45, 2.75) is 6.18 Å². The van der Waals surface area contributed by atoms with E-state index in [0.29, 0.717) is 6.07 Å². The van der Waals surface area contributed by atoms with Crippen LogP contribution in [0.1, 0.15) is 5.56 Å². The SMILES string of the molecule is [N-]=[N+]=Nc1c(F)cc(Br)c(C(F)(F)F)c1Br. The van der Waals surface area contributed by atoms with Gasteiger partial charge in [-0.15, -0.1) is 0 Å². The second-order valence-electron chi connectivity index (χ2n) is 2.57. The predicted octanol–water partition coefficient (Wildman–Crippen LogP) is 5.31. The van der Waals surface area contributed by atoms with Crippen LogP contribution < -0.4 is 0 Å². The van der Waals surface area contributed by atoms with Crippen molar-refractivity contribution in [3.63, 3.8) is 0 Å². The van der Waals surface area contributed by atoms with Crippen LogP contribution in [0.2, 0.25) is 0 Å². The van der Waals surface area contributed by atoms with E-state index >= 15 is 0 Å². The molecule has 3 nitrogen and oxygen atoms in total. The van der Waals surface area contributed by atoms with E-state index in [1.807, 2.05) is 0 Å². The topological polar surface area (TPSA) is 48.8 Å². The Labute approximate surface area is 103 Å². The molecule has 0 aliphatic rings. The van der Waals surface area contributed by atoms with Crippen LogP contribution in [0.25, 0.3) is 10.4 Å². The van der Waals surface area contributed by atoms with Crippen LogP contribution in [0.5, 0.6) is 0 Å². The molecular formula is C7HBr2F4N3. The highest BCUT2D eigenvalue weighted by Gasteiger charge is 2.37. The summed E-state index contributed by atoms with van der Waals surface area (Å²) in [6, 6.07) is 0.595. The molecule has 0 aromatic heterocycles. The zero-order chi connectivity index (χ0) is 12.5. The van der Waals surface area contributed by atoms with Crippen molar-refractivity contribution in [2.75, 3.05) is 0 Å². The predicted molar refractivity (Wildman–Crippen MR) is 55.6 cm³/mol. The third kappa shape index (κ3) is 2.47. The third-order valence-corrected chi connectivity index (χ3v) is 2.97. The lowest BCUT2D eigenvalue weighted by Gasteiger charge is -2.13. The maximum Gasteiger partial charge on any atom is 0.418 e. The first-order valence-electron chi connectivity index (χ1n) is 3.58. The number of rotatable bonds is 1. The second-order valence-corrected chi connectivity index (χ2v) is 4.21. The minimum atomic E-state index is -4.69. The molecular weight excluding hydrogens is 362 g/mol. The summed E-state index contributed by atoms with van der Waals surface area (Å²) in [6.07, 6.45) is -4.69. The largest absolute Gasteiger partial charge is 0.418 e. The van der Waals surface area contributed by atoms with Crippen LogP contribution in [0.3, 0.4) is 0 Å². The van der Waals surface area contributed by atoms with Crippen molar-refractivity contribution < 1.29 is 17.6 Å². The lowest BCUT2D eigenvalue weighted by Crippen LogP contribution is -2.08. The molecule has 1 rings (SSSR count). The lowest BCUT2D eigenvalue weighted by molar-refractivity contribution is -0.138. The Morgan fingerprint density at radius 1 is 1.31 bits per heavy atom. The van der Waals surface area contributed by atoms with Crippen LogP contribution in [0.4, 0.5) is 23.2 Å². The Balaban J connectivity index is 3.64. The molecule has 9 heteroatoms. The van der Waals surface area contributed by atoms with Gasteiger partial charge in [0.15, 0.2) is 0 Å². The van der Waals surface area contributed by atoms with Gasteiger partial charge in [-0.05, 0) is 27.5 Å². The van der Waals surface area contributed by atoms with Crippen LogP contribution in [-0.4, -0.2) is 0 Å².